The highest BCUT2D eigenvalue weighted by molar-refractivity contribution is 5.86. The molecule has 4 fully saturated rings. The van der Waals surface area contributed by atoms with E-state index in [0.29, 0.717) is 19.1 Å². The van der Waals surface area contributed by atoms with E-state index in [4.69, 9.17) is 4.74 Å². The summed E-state index contributed by atoms with van der Waals surface area (Å²) >= 11 is 0. The lowest BCUT2D eigenvalue weighted by atomic mass is 10.0. The van der Waals surface area contributed by atoms with Gasteiger partial charge in [0.25, 0.3) is 5.91 Å². The normalized spacial score (nSPS) is 36.8. The summed E-state index contributed by atoms with van der Waals surface area (Å²) in [5.41, 5.74) is 0. The summed E-state index contributed by atoms with van der Waals surface area (Å²) in [4.78, 5) is 28.6. The Morgan fingerprint density at radius 1 is 1.20 bits per heavy atom. The standard InChI is InChI=1S/C15H22N2O3/c18-14-12-9-17(15(19)13-2-1-5-20-13)8-11(12)7-16(14)6-10-3-4-10/h10-13H,1-9H2/t11-,12+,13-/m0/s1. The van der Waals surface area contributed by atoms with E-state index in [1.54, 1.807) is 0 Å². The minimum absolute atomic E-state index is 0.0547. The molecule has 3 heterocycles. The number of likely N-dealkylation sites (tertiary alicyclic amines) is 2. The van der Waals surface area contributed by atoms with Crippen LogP contribution in [0.2, 0.25) is 0 Å². The van der Waals surface area contributed by atoms with Gasteiger partial charge in [-0.05, 0) is 31.6 Å². The highest BCUT2D eigenvalue weighted by atomic mass is 16.5. The van der Waals surface area contributed by atoms with Gasteiger partial charge in [-0.2, -0.15) is 0 Å². The summed E-state index contributed by atoms with van der Waals surface area (Å²) < 4.78 is 5.47. The molecule has 0 radical (unpaired) electrons. The Morgan fingerprint density at radius 2 is 2.05 bits per heavy atom. The van der Waals surface area contributed by atoms with Crippen LogP contribution in [0.15, 0.2) is 0 Å². The Labute approximate surface area is 119 Å². The first-order chi connectivity index (χ1) is 9.72. The van der Waals surface area contributed by atoms with Crippen molar-refractivity contribution in [1.29, 1.82) is 0 Å². The maximum absolute atomic E-state index is 12.4. The molecule has 4 rings (SSSR count). The fourth-order valence-corrected chi connectivity index (χ4v) is 3.88. The fourth-order valence-electron chi connectivity index (χ4n) is 3.88. The number of carbonyl (C=O) groups is 2. The number of carbonyl (C=O) groups excluding carboxylic acids is 2. The molecule has 0 spiro atoms. The molecular weight excluding hydrogens is 256 g/mol. The van der Waals surface area contributed by atoms with Crippen molar-refractivity contribution in [3.8, 4) is 0 Å². The first-order valence-corrected chi connectivity index (χ1v) is 7.91. The Hall–Kier alpha value is -1.10. The van der Waals surface area contributed by atoms with Crippen LogP contribution in [0.4, 0.5) is 0 Å². The first-order valence-electron chi connectivity index (χ1n) is 7.91. The second-order valence-corrected chi connectivity index (χ2v) is 6.80. The SMILES string of the molecule is O=C([C@@H]1CCCO1)N1C[C@@H]2CN(CC3CC3)C(=O)[C@@H]2C1. The van der Waals surface area contributed by atoms with Gasteiger partial charge in [0, 0.05) is 38.7 Å². The fraction of sp³-hybridized carbons (Fsp3) is 0.867. The van der Waals surface area contributed by atoms with Gasteiger partial charge in [0.05, 0.1) is 5.92 Å². The average molecular weight is 278 g/mol. The lowest BCUT2D eigenvalue weighted by Gasteiger charge is -2.23. The second kappa shape index (κ2) is 4.72. The Bertz CT molecular complexity index is 429. The predicted molar refractivity (Wildman–Crippen MR) is 71.8 cm³/mol. The number of nitrogens with zero attached hydrogens (tertiary/aromatic N) is 2. The van der Waals surface area contributed by atoms with Gasteiger partial charge in [0.2, 0.25) is 5.91 Å². The number of rotatable bonds is 3. The third-order valence-corrected chi connectivity index (χ3v) is 5.22. The summed E-state index contributed by atoms with van der Waals surface area (Å²) in [6.07, 6.45) is 4.13. The van der Waals surface area contributed by atoms with Crippen molar-refractivity contribution in [2.24, 2.45) is 17.8 Å². The quantitative estimate of drug-likeness (QED) is 0.755. The van der Waals surface area contributed by atoms with Crippen LogP contribution in [-0.2, 0) is 14.3 Å². The number of amides is 2. The highest BCUT2D eigenvalue weighted by Crippen LogP contribution is 2.37. The summed E-state index contributed by atoms with van der Waals surface area (Å²) in [6.45, 7) is 3.87. The van der Waals surface area contributed by atoms with Gasteiger partial charge < -0.3 is 14.5 Å². The van der Waals surface area contributed by atoms with Gasteiger partial charge in [0.1, 0.15) is 6.10 Å². The topological polar surface area (TPSA) is 49.9 Å². The predicted octanol–water partition coefficient (Wildman–Crippen LogP) is 0.492. The molecule has 5 heteroatoms. The zero-order chi connectivity index (χ0) is 13.7. The molecule has 2 amide bonds. The van der Waals surface area contributed by atoms with Gasteiger partial charge in [-0.25, -0.2) is 0 Å². The van der Waals surface area contributed by atoms with Crippen molar-refractivity contribution in [2.45, 2.75) is 31.8 Å². The van der Waals surface area contributed by atoms with E-state index >= 15 is 0 Å². The molecule has 0 aromatic rings. The minimum Gasteiger partial charge on any atom is -0.368 e. The molecule has 0 aromatic carbocycles. The third-order valence-electron chi connectivity index (χ3n) is 5.22. The highest BCUT2D eigenvalue weighted by Gasteiger charge is 2.49. The molecule has 110 valence electrons. The van der Waals surface area contributed by atoms with E-state index in [1.807, 2.05) is 9.80 Å². The van der Waals surface area contributed by atoms with Gasteiger partial charge in [-0.15, -0.1) is 0 Å². The Morgan fingerprint density at radius 3 is 2.70 bits per heavy atom. The molecule has 0 unspecified atom stereocenters. The smallest absolute Gasteiger partial charge is 0.251 e. The van der Waals surface area contributed by atoms with Crippen LogP contribution in [0.25, 0.3) is 0 Å². The van der Waals surface area contributed by atoms with Crippen LogP contribution >= 0.6 is 0 Å². The van der Waals surface area contributed by atoms with E-state index in [2.05, 4.69) is 0 Å². The molecule has 20 heavy (non-hydrogen) atoms. The number of hydrogen-bond donors (Lipinski definition) is 0. The number of hydrogen-bond acceptors (Lipinski definition) is 3. The first kappa shape index (κ1) is 12.6. The molecule has 0 aromatic heterocycles. The van der Waals surface area contributed by atoms with Gasteiger partial charge >= 0.3 is 0 Å². The van der Waals surface area contributed by atoms with Crippen LogP contribution in [-0.4, -0.2) is 60.5 Å². The van der Waals surface area contributed by atoms with Crippen LogP contribution in [0.3, 0.4) is 0 Å². The van der Waals surface area contributed by atoms with E-state index in [0.717, 1.165) is 38.4 Å². The van der Waals surface area contributed by atoms with E-state index in [1.165, 1.54) is 12.8 Å². The van der Waals surface area contributed by atoms with Crippen molar-refractivity contribution in [3.05, 3.63) is 0 Å². The molecule has 0 bridgehead atoms. The third kappa shape index (κ3) is 2.12. The Kier molecular flexibility index (Phi) is 2.98. The molecule has 3 aliphatic heterocycles. The van der Waals surface area contributed by atoms with E-state index in [9.17, 15) is 9.59 Å². The molecule has 4 aliphatic rings. The van der Waals surface area contributed by atoms with Gasteiger partial charge in [-0.1, -0.05) is 0 Å². The average Bonchev–Trinajstić information content (AvgIpc) is 2.89. The molecule has 0 N–H and O–H groups in total. The van der Waals surface area contributed by atoms with Crippen molar-refractivity contribution in [3.63, 3.8) is 0 Å². The van der Waals surface area contributed by atoms with Gasteiger partial charge in [-0.3, -0.25) is 9.59 Å². The van der Waals surface area contributed by atoms with Crippen molar-refractivity contribution < 1.29 is 14.3 Å². The van der Waals surface area contributed by atoms with Crippen molar-refractivity contribution in [1.82, 2.24) is 9.80 Å². The van der Waals surface area contributed by atoms with E-state index in [-0.39, 0.29) is 23.8 Å². The van der Waals surface area contributed by atoms with Crippen molar-refractivity contribution >= 4 is 11.8 Å². The maximum atomic E-state index is 12.4. The lowest BCUT2D eigenvalue weighted by molar-refractivity contribution is -0.140. The maximum Gasteiger partial charge on any atom is 0.251 e. The molecule has 3 saturated heterocycles. The molecule has 1 saturated carbocycles. The summed E-state index contributed by atoms with van der Waals surface area (Å²) in [7, 11) is 0. The van der Waals surface area contributed by atoms with E-state index < -0.39 is 0 Å². The second-order valence-electron chi connectivity index (χ2n) is 6.80. The zero-order valence-electron chi connectivity index (χ0n) is 11.8. The van der Waals surface area contributed by atoms with Crippen molar-refractivity contribution in [2.75, 3.05) is 32.8 Å². The number of ether oxygens (including phenoxy) is 1. The molecule has 1 aliphatic carbocycles. The summed E-state index contributed by atoms with van der Waals surface area (Å²) in [5.74, 6) is 1.55. The zero-order valence-corrected chi connectivity index (χ0v) is 11.8. The molecule has 3 atom stereocenters. The van der Waals surface area contributed by atoms with Crippen LogP contribution < -0.4 is 0 Å². The van der Waals surface area contributed by atoms with Crippen LogP contribution in [0, 0.1) is 17.8 Å². The summed E-state index contributed by atoms with van der Waals surface area (Å²) in [6, 6.07) is 0. The number of fused-ring (bicyclic) bond motifs is 1. The monoisotopic (exact) mass is 278 g/mol. The minimum atomic E-state index is -0.244. The van der Waals surface area contributed by atoms with Gasteiger partial charge in [0.15, 0.2) is 0 Å². The lowest BCUT2D eigenvalue weighted by Crippen LogP contribution is -2.40. The Balaban J connectivity index is 1.37. The van der Waals surface area contributed by atoms with Crippen LogP contribution in [0.1, 0.15) is 25.7 Å². The molecule has 5 nitrogen and oxygen atoms in total. The van der Waals surface area contributed by atoms with Crippen LogP contribution in [0.5, 0.6) is 0 Å². The summed E-state index contributed by atoms with van der Waals surface area (Å²) in [5, 5.41) is 0. The molecular formula is C15H22N2O3. The largest absolute Gasteiger partial charge is 0.368 e.